The van der Waals surface area contributed by atoms with Gasteiger partial charge in [-0.3, -0.25) is 4.79 Å². The predicted octanol–water partition coefficient (Wildman–Crippen LogP) is 4.37. The largest absolute Gasteiger partial charge is 0.460 e. The van der Waals surface area contributed by atoms with Gasteiger partial charge < -0.3 is 25.0 Å². The van der Waals surface area contributed by atoms with Crippen LogP contribution in [0.15, 0.2) is 0 Å². The van der Waals surface area contributed by atoms with Crippen LogP contribution in [0.2, 0.25) is 0 Å². The molecule has 0 radical (unpaired) electrons. The normalized spacial score (nSPS) is 46.8. The Balaban J connectivity index is 1.29. The minimum Gasteiger partial charge on any atom is -0.460 e. The van der Waals surface area contributed by atoms with E-state index in [0.717, 1.165) is 38.8 Å². The molecule has 3 saturated carbocycles. The fraction of sp³-hybridized carbons (Fsp3) is 0.967. The lowest BCUT2D eigenvalue weighted by molar-refractivity contribution is -0.181. The summed E-state index contributed by atoms with van der Waals surface area (Å²) in [6, 6.07) is 0.241. The molecule has 5 rings (SSSR count). The van der Waals surface area contributed by atoms with Gasteiger partial charge in [-0.05, 0) is 103 Å². The van der Waals surface area contributed by atoms with Crippen LogP contribution in [0.25, 0.3) is 0 Å². The van der Waals surface area contributed by atoms with Gasteiger partial charge in [0, 0.05) is 30.3 Å². The zero-order chi connectivity index (χ0) is 25.9. The molecule has 3 aliphatic carbocycles. The molecule has 206 valence electrons. The van der Waals surface area contributed by atoms with Crippen molar-refractivity contribution in [1.29, 1.82) is 0 Å². The van der Waals surface area contributed by atoms with Gasteiger partial charge in [-0.2, -0.15) is 0 Å². The summed E-state index contributed by atoms with van der Waals surface area (Å²) in [5.74, 6) is 1.48. The summed E-state index contributed by atoms with van der Waals surface area (Å²) < 4.78 is 13.7. The van der Waals surface area contributed by atoms with Crippen molar-refractivity contribution in [3.8, 4) is 0 Å². The molecule has 36 heavy (non-hydrogen) atoms. The molecule has 2 aliphatic heterocycles. The van der Waals surface area contributed by atoms with Gasteiger partial charge in [-0.25, -0.2) is 0 Å². The van der Waals surface area contributed by atoms with E-state index in [1.54, 1.807) is 0 Å². The predicted molar refractivity (Wildman–Crippen MR) is 144 cm³/mol. The lowest BCUT2D eigenvalue weighted by atomic mass is 9.48. The molecule has 5 aliphatic rings. The molecule has 2 heterocycles. The Labute approximate surface area is 220 Å². The van der Waals surface area contributed by atoms with Crippen LogP contribution < -0.4 is 10.6 Å². The maximum Gasteiger partial charge on any atom is 0.323 e. The van der Waals surface area contributed by atoms with Gasteiger partial charge in [-0.1, -0.05) is 27.2 Å². The second-order valence-corrected chi connectivity index (χ2v) is 14.6. The smallest absolute Gasteiger partial charge is 0.323 e. The lowest BCUT2D eigenvalue weighted by Gasteiger charge is -2.58. The molecular formula is C30H53N3O3. The number of hydrogen-bond donors (Lipinski definition) is 2. The molecule has 1 spiro atoms. The third kappa shape index (κ3) is 4.36. The summed E-state index contributed by atoms with van der Waals surface area (Å²) in [7, 11) is 4.31. The number of carbonyl (C=O) groups excluding carboxylic acids is 1. The highest BCUT2D eigenvalue weighted by Gasteiger charge is 2.77. The minimum atomic E-state index is -0.223. The first-order valence-electron chi connectivity index (χ1n) is 14.9. The third-order valence-corrected chi connectivity index (χ3v) is 11.3. The molecule has 0 amide bonds. The zero-order valence-electron chi connectivity index (χ0n) is 24.1. The second kappa shape index (κ2) is 9.50. The van der Waals surface area contributed by atoms with Crippen molar-refractivity contribution in [2.45, 2.75) is 122 Å². The number of piperidine rings is 1. The van der Waals surface area contributed by atoms with Crippen molar-refractivity contribution in [2.75, 3.05) is 33.7 Å². The molecule has 9 atom stereocenters. The maximum absolute atomic E-state index is 13.4. The molecule has 6 heteroatoms. The average molecular weight is 504 g/mol. The van der Waals surface area contributed by atoms with Gasteiger partial charge >= 0.3 is 5.97 Å². The van der Waals surface area contributed by atoms with E-state index in [2.05, 4.69) is 64.2 Å². The first kappa shape index (κ1) is 26.9. The molecule has 2 saturated heterocycles. The molecule has 8 unspecified atom stereocenters. The summed E-state index contributed by atoms with van der Waals surface area (Å²) in [6.45, 7) is 14.8. The summed E-state index contributed by atoms with van der Waals surface area (Å²) in [4.78, 5) is 15.7. The van der Waals surface area contributed by atoms with Crippen molar-refractivity contribution in [3.63, 3.8) is 0 Å². The standard InChI is InChI=1S/C30H53N3O3/c1-20-11-12-23-29(5)25(31-15-9-8-10-16-33(6)7)21-17-30(20,23)24(18-28(21,4)36-29)35-26(34)22-13-14-27(2,3)19-32-22/h20-25,31-32H,8-19H2,1-7H3/t20?,21?,22-,23?,24?,25?,28?,29?,30?/m0/s1. The third-order valence-electron chi connectivity index (χ3n) is 11.3. The summed E-state index contributed by atoms with van der Waals surface area (Å²) in [5.41, 5.74) is -0.0870. The lowest BCUT2D eigenvalue weighted by Crippen LogP contribution is -2.67. The highest BCUT2D eigenvalue weighted by molar-refractivity contribution is 5.76. The molecule has 2 N–H and O–H groups in total. The van der Waals surface area contributed by atoms with Crippen LogP contribution in [0.3, 0.4) is 0 Å². The molecule has 0 aromatic rings. The van der Waals surface area contributed by atoms with E-state index in [9.17, 15) is 4.79 Å². The zero-order valence-corrected chi connectivity index (χ0v) is 24.1. The summed E-state index contributed by atoms with van der Waals surface area (Å²) in [5, 5.41) is 7.50. The number of esters is 1. The number of carbonyl (C=O) groups is 1. The quantitative estimate of drug-likeness (QED) is 0.360. The Morgan fingerprint density at radius 1 is 1.08 bits per heavy atom. The van der Waals surface area contributed by atoms with Gasteiger partial charge in [0.1, 0.15) is 12.1 Å². The Bertz CT molecular complexity index is 822. The van der Waals surface area contributed by atoms with Crippen LogP contribution in [0, 0.1) is 28.6 Å². The van der Waals surface area contributed by atoms with Crippen molar-refractivity contribution < 1.29 is 14.3 Å². The fourth-order valence-corrected chi connectivity index (χ4v) is 9.31. The van der Waals surface area contributed by atoms with Crippen molar-refractivity contribution in [3.05, 3.63) is 0 Å². The molecule has 3 bridgehead atoms. The Hall–Kier alpha value is -0.690. The molecular weight excluding hydrogens is 450 g/mol. The average Bonchev–Trinajstić information content (AvgIpc) is 3.18. The van der Waals surface area contributed by atoms with E-state index in [0.29, 0.717) is 23.8 Å². The first-order valence-corrected chi connectivity index (χ1v) is 14.9. The SMILES string of the molecule is CC1CCC2C3(C)OC4(C)CC(OC(=O)[C@@H]5CCC(C)(C)CN5)C12CC4C3NCCCCCN(C)C. The topological polar surface area (TPSA) is 62.8 Å². The van der Waals surface area contributed by atoms with Gasteiger partial charge in [0.25, 0.3) is 0 Å². The van der Waals surface area contributed by atoms with E-state index in [4.69, 9.17) is 9.47 Å². The first-order chi connectivity index (χ1) is 16.9. The van der Waals surface area contributed by atoms with Crippen LogP contribution in [-0.4, -0.2) is 74.0 Å². The second-order valence-electron chi connectivity index (χ2n) is 14.6. The summed E-state index contributed by atoms with van der Waals surface area (Å²) in [6.07, 6.45) is 10.0. The van der Waals surface area contributed by atoms with Crippen LogP contribution >= 0.6 is 0 Å². The van der Waals surface area contributed by atoms with Gasteiger partial charge in [0.05, 0.1) is 11.2 Å². The number of nitrogens with zero attached hydrogens (tertiary/aromatic N) is 1. The summed E-state index contributed by atoms with van der Waals surface area (Å²) >= 11 is 0. The van der Waals surface area contributed by atoms with Crippen LogP contribution in [0.5, 0.6) is 0 Å². The van der Waals surface area contributed by atoms with Gasteiger partial charge in [0.2, 0.25) is 0 Å². The highest BCUT2D eigenvalue weighted by Crippen LogP contribution is 2.72. The highest BCUT2D eigenvalue weighted by atomic mass is 16.6. The fourth-order valence-electron chi connectivity index (χ4n) is 9.31. The van der Waals surface area contributed by atoms with E-state index in [1.165, 1.54) is 38.6 Å². The number of fused-ring (bicyclic) bond motifs is 2. The van der Waals surface area contributed by atoms with E-state index in [-0.39, 0.29) is 40.1 Å². The number of ether oxygens (including phenoxy) is 2. The van der Waals surface area contributed by atoms with Crippen molar-refractivity contribution in [2.24, 2.45) is 28.6 Å². The molecule has 5 fully saturated rings. The molecule has 0 aromatic heterocycles. The van der Waals surface area contributed by atoms with Crippen LogP contribution in [-0.2, 0) is 14.3 Å². The monoisotopic (exact) mass is 503 g/mol. The van der Waals surface area contributed by atoms with E-state index in [1.807, 2.05) is 0 Å². The number of nitrogens with one attached hydrogen (secondary N) is 2. The minimum absolute atomic E-state index is 0.0231. The van der Waals surface area contributed by atoms with E-state index >= 15 is 0 Å². The Morgan fingerprint density at radius 2 is 1.86 bits per heavy atom. The molecule has 6 nitrogen and oxygen atoms in total. The number of unbranched alkanes of at least 4 members (excludes halogenated alkanes) is 2. The maximum atomic E-state index is 13.4. The van der Waals surface area contributed by atoms with Crippen molar-refractivity contribution in [1.82, 2.24) is 15.5 Å². The molecule has 0 aromatic carbocycles. The Kier molecular flexibility index (Phi) is 7.10. The van der Waals surface area contributed by atoms with Crippen LogP contribution in [0.4, 0.5) is 0 Å². The van der Waals surface area contributed by atoms with Crippen LogP contribution in [0.1, 0.15) is 92.4 Å². The van der Waals surface area contributed by atoms with Crippen molar-refractivity contribution >= 4 is 5.97 Å². The Morgan fingerprint density at radius 3 is 2.56 bits per heavy atom. The van der Waals surface area contributed by atoms with Gasteiger partial charge in [-0.15, -0.1) is 0 Å². The van der Waals surface area contributed by atoms with Gasteiger partial charge in [0.15, 0.2) is 0 Å². The van der Waals surface area contributed by atoms with E-state index < -0.39 is 0 Å². The number of rotatable bonds is 9. The number of hydrogen-bond acceptors (Lipinski definition) is 6.